The van der Waals surface area contributed by atoms with Gasteiger partial charge in [-0.25, -0.2) is 4.68 Å². The molecule has 7 heteroatoms. The van der Waals surface area contributed by atoms with E-state index < -0.39 is 0 Å². The number of aromatic nitrogens is 3. The Morgan fingerprint density at radius 2 is 1.92 bits per heavy atom. The topological polar surface area (TPSA) is 81.2 Å². The lowest BCUT2D eigenvalue weighted by Crippen LogP contribution is -2.53. The zero-order valence-corrected chi connectivity index (χ0v) is 13.6. The van der Waals surface area contributed by atoms with Crippen LogP contribution >= 0.6 is 0 Å². The van der Waals surface area contributed by atoms with Crippen LogP contribution in [0.1, 0.15) is 22.3 Å². The lowest BCUT2D eigenvalue weighted by Gasteiger charge is -2.38. The minimum Gasteiger partial charge on any atom is -0.361 e. The predicted octanol–water partition coefficient (Wildman–Crippen LogP) is 1.90. The molecule has 0 aliphatic carbocycles. The van der Waals surface area contributed by atoms with E-state index in [4.69, 9.17) is 4.52 Å². The number of nitrogens with zero attached hydrogens (tertiary/aromatic N) is 4. The van der Waals surface area contributed by atoms with Crippen molar-refractivity contribution in [3.8, 4) is 11.3 Å². The average molecular weight is 336 g/mol. The summed E-state index contributed by atoms with van der Waals surface area (Å²) in [5.41, 5.74) is 1.79. The molecule has 1 aliphatic heterocycles. The number of amides is 1. The Labute approximate surface area is 143 Å². The van der Waals surface area contributed by atoms with Crippen molar-refractivity contribution in [2.24, 2.45) is 0 Å². The van der Waals surface area contributed by atoms with E-state index in [0.717, 1.165) is 11.3 Å². The van der Waals surface area contributed by atoms with Crippen LogP contribution in [0.15, 0.2) is 57.8 Å². The molecule has 4 rings (SSSR count). The van der Waals surface area contributed by atoms with Gasteiger partial charge in [-0.05, 0) is 13.0 Å². The monoisotopic (exact) mass is 336 g/mol. The minimum absolute atomic E-state index is 0.131. The van der Waals surface area contributed by atoms with Crippen molar-refractivity contribution in [2.45, 2.75) is 13.0 Å². The highest BCUT2D eigenvalue weighted by atomic mass is 16.5. The summed E-state index contributed by atoms with van der Waals surface area (Å²) < 4.78 is 6.39. The largest absolute Gasteiger partial charge is 0.361 e. The van der Waals surface area contributed by atoms with Crippen molar-refractivity contribution < 1.29 is 9.32 Å². The molecule has 7 nitrogen and oxygen atoms in total. The third kappa shape index (κ3) is 2.84. The number of carbonyl (C=O) groups is 1. The molecule has 25 heavy (non-hydrogen) atoms. The summed E-state index contributed by atoms with van der Waals surface area (Å²) in [5, 5.41) is 8.20. The third-order valence-corrected chi connectivity index (χ3v) is 4.24. The van der Waals surface area contributed by atoms with Gasteiger partial charge in [0.2, 0.25) is 0 Å². The quantitative estimate of drug-likeness (QED) is 0.730. The molecule has 0 spiro atoms. The van der Waals surface area contributed by atoms with Gasteiger partial charge in [0, 0.05) is 30.8 Å². The fraction of sp³-hybridized carbons (Fsp3) is 0.222. The van der Waals surface area contributed by atoms with Gasteiger partial charge >= 0.3 is 0 Å². The van der Waals surface area contributed by atoms with E-state index in [1.807, 2.05) is 30.3 Å². The molecule has 3 heterocycles. The molecular weight excluding hydrogens is 320 g/mol. The third-order valence-electron chi connectivity index (χ3n) is 4.24. The maximum absolute atomic E-state index is 12.3. The van der Waals surface area contributed by atoms with Crippen LogP contribution in [0, 0.1) is 6.92 Å². The molecule has 1 aliphatic rings. The SMILES string of the molecule is Cc1cc(C(=O)N2CC(n3nc(-c4ccccc4)ccc3=O)C2)no1. The van der Waals surface area contributed by atoms with Crippen LogP contribution in [0.2, 0.25) is 0 Å². The smallest absolute Gasteiger partial charge is 0.276 e. The summed E-state index contributed by atoms with van der Waals surface area (Å²) in [6.45, 7) is 2.59. The molecule has 0 radical (unpaired) electrons. The normalized spacial score (nSPS) is 14.4. The van der Waals surface area contributed by atoms with Crippen molar-refractivity contribution in [1.82, 2.24) is 19.8 Å². The van der Waals surface area contributed by atoms with E-state index in [2.05, 4.69) is 10.3 Å². The molecule has 2 aromatic heterocycles. The van der Waals surface area contributed by atoms with Gasteiger partial charge in [0.15, 0.2) is 5.69 Å². The van der Waals surface area contributed by atoms with Gasteiger partial charge in [-0.2, -0.15) is 5.10 Å². The van der Waals surface area contributed by atoms with Gasteiger partial charge in [-0.15, -0.1) is 0 Å². The first-order valence-electron chi connectivity index (χ1n) is 8.00. The Morgan fingerprint density at radius 3 is 2.60 bits per heavy atom. The lowest BCUT2D eigenvalue weighted by atomic mass is 10.1. The van der Waals surface area contributed by atoms with Crippen LogP contribution in [-0.4, -0.2) is 38.8 Å². The van der Waals surface area contributed by atoms with E-state index in [1.165, 1.54) is 10.7 Å². The number of hydrogen-bond acceptors (Lipinski definition) is 5. The number of hydrogen-bond donors (Lipinski definition) is 0. The second kappa shape index (κ2) is 6.01. The van der Waals surface area contributed by atoms with Crippen LogP contribution in [0.4, 0.5) is 0 Å². The van der Waals surface area contributed by atoms with Gasteiger partial charge in [0.25, 0.3) is 11.5 Å². The molecule has 0 bridgehead atoms. The van der Waals surface area contributed by atoms with Crippen LogP contribution in [0.3, 0.4) is 0 Å². The molecule has 0 unspecified atom stereocenters. The minimum atomic E-state index is -0.194. The van der Waals surface area contributed by atoms with E-state index in [0.29, 0.717) is 18.8 Å². The maximum Gasteiger partial charge on any atom is 0.276 e. The van der Waals surface area contributed by atoms with Crippen molar-refractivity contribution in [2.75, 3.05) is 13.1 Å². The highest BCUT2D eigenvalue weighted by Gasteiger charge is 2.35. The summed E-state index contributed by atoms with van der Waals surface area (Å²) in [5.74, 6) is 0.397. The van der Waals surface area contributed by atoms with Gasteiger partial charge < -0.3 is 9.42 Å². The fourth-order valence-electron chi connectivity index (χ4n) is 2.85. The highest BCUT2D eigenvalue weighted by molar-refractivity contribution is 5.92. The molecule has 126 valence electrons. The van der Waals surface area contributed by atoms with E-state index in [-0.39, 0.29) is 23.2 Å². The average Bonchev–Trinajstić information content (AvgIpc) is 3.02. The first-order valence-corrected chi connectivity index (χ1v) is 8.00. The van der Waals surface area contributed by atoms with E-state index in [9.17, 15) is 9.59 Å². The van der Waals surface area contributed by atoms with Gasteiger partial charge in [-0.1, -0.05) is 35.5 Å². The predicted molar refractivity (Wildman–Crippen MR) is 90.1 cm³/mol. The van der Waals surface area contributed by atoms with Crippen molar-refractivity contribution in [3.05, 3.63) is 70.3 Å². The fourth-order valence-corrected chi connectivity index (χ4v) is 2.85. The number of carbonyl (C=O) groups excluding carboxylic acids is 1. The summed E-state index contributed by atoms with van der Waals surface area (Å²) in [6, 6.07) is 14.4. The van der Waals surface area contributed by atoms with Crippen molar-refractivity contribution in [3.63, 3.8) is 0 Å². The first-order chi connectivity index (χ1) is 12.1. The Bertz CT molecular complexity index is 971. The van der Waals surface area contributed by atoms with E-state index >= 15 is 0 Å². The second-order valence-corrected chi connectivity index (χ2v) is 6.05. The van der Waals surface area contributed by atoms with Crippen LogP contribution in [0.25, 0.3) is 11.3 Å². The standard InChI is InChI=1S/C18H16N4O3/c1-12-9-16(20-25-12)18(24)21-10-14(11-21)22-17(23)8-7-15(19-22)13-5-3-2-4-6-13/h2-9,14H,10-11H2,1H3. The number of benzene rings is 1. The Kier molecular flexibility index (Phi) is 3.68. The van der Waals surface area contributed by atoms with Crippen LogP contribution in [-0.2, 0) is 0 Å². The zero-order valence-electron chi connectivity index (χ0n) is 13.6. The Balaban J connectivity index is 1.52. The number of likely N-dealkylation sites (tertiary alicyclic amines) is 1. The van der Waals surface area contributed by atoms with Crippen LogP contribution < -0.4 is 5.56 Å². The first kappa shape index (κ1) is 15.3. The number of aryl methyl sites for hydroxylation is 1. The summed E-state index contributed by atoms with van der Waals surface area (Å²) in [4.78, 5) is 26.1. The molecule has 1 aromatic carbocycles. The van der Waals surface area contributed by atoms with Crippen molar-refractivity contribution in [1.29, 1.82) is 0 Å². The number of rotatable bonds is 3. The Hall–Kier alpha value is -3.22. The summed E-state index contributed by atoms with van der Waals surface area (Å²) in [6.07, 6.45) is 0. The van der Waals surface area contributed by atoms with Gasteiger partial charge in [-0.3, -0.25) is 9.59 Å². The van der Waals surface area contributed by atoms with E-state index in [1.54, 1.807) is 24.0 Å². The molecule has 1 fully saturated rings. The zero-order chi connectivity index (χ0) is 17.4. The molecule has 1 saturated heterocycles. The molecular formula is C18H16N4O3. The Morgan fingerprint density at radius 1 is 1.16 bits per heavy atom. The van der Waals surface area contributed by atoms with Crippen molar-refractivity contribution >= 4 is 5.91 Å². The van der Waals surface area contributed by atoms with Gasteiger partial charge in [0.1, 0.15) is 5.76 Å². The second-order valence-electron chi connectivity index (χ2n) is 6.05. The highest BCUT2D eigenvalue weighted by Crippen LogP contribution is 2.22. The van der Waals surface area contributed by atoms with Crippen LogP contribution in [0.5, 0.6) is 0 Å². The molecule has 3 aromatic rings. The summed E-state index contributed by atoms with van der Waals surface area (Å²) >= 11 is 0. The van der Waals surface area contributed by atoms with Gasteiger partial charge in [0.05, 0.1) is 11.7 Å². The lowest BCUT2D eigenvalue weighted by molar-refractivity contribution is 0.0483. The maximum atomic E-state index is 12.3. The molecule has 0 atom stereocenters. The summed E-state index contributed by atoms with van der Waals surface area (Å²) in [7, 11) is 0. The molecule has 0 saturated carbocycles. The molecule has 0 N–H and O–H groups in total. The molecule has 1 amide bonds.